The second kappa shape index (κ2) is 15.5. The average Bonchev–Trinajstić information content (AvgIpc) is 3.48. The molecule has 0 aromatic heterocycles. The third-order valence-electron chi connectivity index (χ3n) is 6.41. The van der Waals surface area contributed by atoms with Crippen LogP contribution < -0.4 is 20.7 Å². The molecule has 1 aliphatic heterocycles. The molecule has 236 valence electrons. The number of amides is 4. The fourth-order valence-electron chi connectivity index (χ4n) is 4.49. The van der Waals surface area contributed by atoms with Gasteiger partial charge >= 0.3 is 17.8 Å². The summed E-state index contributed by atoms with van der Waals surface area (Å²) < 4.78 is 15.2. The van der Waals surface area contributed by atoms with Gasteiger partial charge in [0.2, 0.25) is 17.7 Å². The van der Waals surface area contributed by atoms with Crippen LogP contribution in [0, 0.1) is 0 Å². The number of carbonyl (C=O) groups is 6. The molecular weight excluding hydrogens is 572 g/mol. The molecule has 1 fully saturated rings. The summed E-state index contributed by atoms with van der Waals surface area (Å²) in [6.45, 7) is 4.73. The number of hydrogen-bond acceptors (Lipinski definition) is 9. The van der Waals surface area contributed by atoms with Crippen molar-refractivity contribution in [2.75, 3.05) is 32.1 Å². The first kappa shape index (κ1) is 33.6. The van der Waals surface area contributed by atoms with Crippen molar-refractivity contribution in [1.82, 2.24) is 15.5 Å². The molecule has 1 aliphatic rings. The molecule has 44 heavy (non-hydrogen) atoms. The summed E-state index contributed by atoms with van der Waals surface area (Å²) in [5.41, 5.74) is 0.482. The van der Waals surface area contributed by atoms with E-state index in [2.05, 4.69) is 20.7 Å². The van der Waals surface area contributed by atoms with Gasteiger partial charge in [0, 0.05) is 24.7 Å². The van der Waals surface area contributed by atoms with Crippen molar-refractivity contribution in [3.05, 3.63) is 60.2 Å². The van der Waals surface area contributed by atoms with Crippen molar-refractivity contribution >= 4 is 41.3 Å². The maximum absolute atomic E-state index is 13.2. The number of benzene rings is 2. The van der Waals surface area contributed by atoms with E-state index in [1.54, 1.807) is 63.2 Å². The van der Waals surface area contributed by atoms with Crippen molar-refractivity contribution in [1.29, 1.82) is 0 Å². The number of nitrogens with zero attached hydrogens (tertiary/aromatic N) is 1. The molecule has 0 bridgehead atoms. The Bertz CT molecular complexity index is 1360. The number of rotatable bonds is 11. The first-order chi connectivity index (χ1) is 20.9. The van der Waals surface area contributed by atoms with Gasteiger partial charge in [0.05, 0.1) is 13.7 Å². The Hall–Kier alpha value is -4.94. The summed E-state index contributed by atoms with van der Waals surface area (Å²) in [5.74, 6) is -3.96. The summed E-state index contributed by atoms with van der Waals surface area (Å²) in [4.78, 5) is 76.3. The Balaban J connectivity index is 1.60. The number of esters is 2. The van der Waals surface area contributed by atoms with Gasteiger partial charge < -0.3 is 35.1 Å². The summed E-state index contributed by atoms with van der Waals surface area (Å²) in [7, 11) is 1.08. The quantitative estimate of drug-likeness (QED) is 0.251. The van der Waals surface area contributed by atoms with Gasteiger partial charge in [-0.3, -0.25) is 19.2 Å². The van der Waals surface area contributed by atoms with Crippen LogP contribution in [0.2, 0.25) is 0 Å². The van der Waals surface area contributed by atoms with Crippen molar-refractivity contribution in [2.45, 2.75) is 57.7 Å². The van der Waals surface area contributed by atoms with Crippen molar-refractivity contribution in [3.8, 4) is 5.75 Å². The van der Waals surface area contributed by atoms with E-state index in [9.17, 15) is 28.8 Å². The van der Waals surface area contributed by atoms with Gasteiger partial charge in [-0.1, -0.05) is 36.4 Å². The number of likely N-dealkylation sites (tertiary alicyclic amines) is 1. The first-order valence-corrected chi connectivity index (χ1v) is 14.1. The Morgan fingerprint density at radius 3 is 2.41 bits per heavy atom. The minimum absolute atomic E-state index is 0.120. The number of carbonyl (C=O) groups excluding carboxylic acids is 6. The fraction of sp³-hybridized carbons (Fsp3) is 0.419. The highest BCUT2D eigenvalue weighted by atomic mass is 16.6. The highest BCUT2D eigenvalue weighted by molar-refractivity contribution is 6.32. The molecule has 0 aliphatic carbocycles. The molecule has 2 atom stereocenters. The van der Waals surface area contributed by atoms with Crippen molar-refractivity contribution in [2.24, 2.45) is 0 Å². The van der Waals surface area contributed by atoms with E-state index in [4.69, 9.17) is 9.47 Å². The summed E-state index contributed by atoms with van der Waals surface area (Å²) in [5, 5.41) is 7.87. The zero-order chi connectivity index (χ0) is 32.3. The lowest BCUT2D eigenvalue weighted by atomic mass is 10.0. The van der Waals surface area contributed by atoms with E-state index in [1.165, 1.54) is 6.07 Å². The highest BCUT2D eigenvalue weighted by Crippen LogP contribution is 2.19. The molecule has 3 rings (SSSR count). The third kappa shape index (κ3) is 10.4. The van der Waals surface area contributed by atoms with Crippen LogP contribution in [-0.2, 0) is 44.7 Å². The van der Waals surface area contributed by atoms with Gasteiger partial charge in [0.15, 0.2) is 6.61 Å². The highest BCUT2D eigenvalue weighted by Gasteiger charge is 2.38. The monoisotopic (exact) mass is 610 g/mol. The molecule has 0 spiro atoms. The summed E-state index contributed by atoms with van der Waals surface area (Å²) >= 11 is 0. The average molecular weight is 611 g/mol. The first-order valence-electron chi connectivity index (χ1n) is 14.1. The van der Waals surface area contributed by atoms with Crippen LogP contribution >= 0.6 is 0 Å². The molecule has 0 unspecified atom stereocenters. The van der Waals surface area contributed by atoms with Crippen LogP contribution in [0.15, 0.2) is 54.6 Å². The standard InChI is InChI=1S/C31H38N4O9/c1-31(2,3)44-26(37)19-43-22-13-8-12-21(17-22)33-25(36)18-32-27(38)23(16-20-10-6-5-7-11-20)34-28(39)24-14-9-15-35(24)29(40)30(41)42-4/h5-8,10-13,17,23-24H,9,14-16,18-19H2,1-4H3,(H,32,38)(H,33,36)(H,34,39)/t23-,24+/m1/s1. The third-order valence-corrected chi connectivity index (χ3v) is 6.41. The predicted molar refractivity (Wildman–Crippen MR) is 158 cm³/mol. The fourth-order valence-corrected chi connectivity index (χ4v) is 4.49. The van der Waals surface area contributed by atoms with Gasteiger partial charge in [0.25, 0.3) is 0 Å². The number of anilines is 1. The van der Waals surface area contributed by atoms with Crippen LogP contribution in [0.5, 0.6) is 5.75 Å². The van der Waals surface area contributed by atoms with Gasteiger partial charge in [-0.25, -0.2) is 9.59 Å². The lowest BCUT2D eigenvalue weighted by Crippen LogP contribution is -2.55. The van der Waals surface area contributed by atoms with E-state index in [0.29, 0.717) is 24.3 Å². The van der Waals surface area contributed by atoms with Gasteiger partial charge in [-0.2, -0.15) is 0 Å². The molecule has 0 radical (unpaired) electrons. The Kier molecular flexibility index (Phi) is 11.8. The van der Waals surface area contributed by atoms with Crippen LogP contribution in [0.25, 0.3) is 0 Å². The maximum atomic E-state index is 13.2. The Labute approximate surface area is 255 Å². The second-order valence-electron chi connectivity index (χ2n) is 11.1. The van der Waals surface area contributed by atoms with E-state index in [-0.39, 0.29) is 19.6 Å². The van der Waals surface area contributed by atoms with Crippen LogP contribution in [0.3, 0.4) is 0 Å². The lowest BCUT2D eigenvalue weighted by molar-refractivity contribution is -0.159. The van der Waals surface area contributed by atoms with E-state index >= 15 is 0 Å². The van der Waals surface area contributed by atoms with Crippen LogP contribution in [-0.4, -0.2) is 85.0 Å². The van der Waals surface area contributed by atoms with E-state index in [1.807, 2.05) is 6.07 Å². The van der Waals surface area contributed by atoms with E-state index in [0.717, 1.165) is 17.6 Å². The zero-order valence-electron chi connectivity index (χ0n) is 25.2. The smallest absolute Gasteiger partial charge is 0.396 e. The van der Waals surface area contributed by atoms with Crippen molar-refractivity contribution in [3.63, 3.8) is 0 Å². The predicted octanol–water partition coefficient (Wildman–Crippen LogP) is 1.35. The normalized spacial score (nSPS) is 15.0. The van der Waals surface area contributed by atoms with Gasteiger partial charge in [0.1, 0.15) is 23.4 Å². The largest absolute Gasteiger partial charge is 0.482 e. The lowest BCUT2D eigenvalue weighted by Gasteiger charge is -2.25. The number of nitrogens with one attached hydrogen (secondary N) is 3. The zero-order valence-corrected chi connectivity index (χ0v) is 25.2. The van der Waals surface area contributed by atoms with Crippen molar-refractivity contribution < 1.29 is 43.0 Å². The van der Waals surface area contributed by atoms with Crippen LogP contribution in [0.1, 0.15) is 39.2 Å². The second-order valence-corrected chi connectivity index (χ2v) is 11.1. The number of ether oxygens (including phenoxy) is 3. The molecule has 3 N–H and O–H groups in total. The molecule has 13 nitrogen and oxygen atoms in total. The Morgan fingerprint density at radius 2 is 1.73 bits per heavy atom. The molecule has 0 saturated carbocycles. The molecule has 4 amide bonds. The Morgan fingerprint density at radius 1 is 1.00 bits per heavy atom. The minimum Gasteiger partial charge on any atom is -0.482 e. The van der Waals surface area contributed by atoms with E-state index < -0.39 is 59.8 Å². The topological polar surface area (TPSA) is 169 Å². The molecule has 1 heterocycles. The van der Waals surface area contributed by atoms with Gasteiger partial charge in [-0.15, -0.1) is 0 Å². The minimum atomic E-state index is -1.07. The molecular formula is C31H38N4O9. The number of hydrogen-bond donors (Lipinski definition) is 3. The SMILES string of the molecule is COC(=O)C(=O)N1CCC[C@H]1C(=O)N[C@H](Cc1ccccc1)C(=O)NCC(=O)Nc1cccc(OCC(=O)OC(C)(C)C)c1. The van der Waals surface area contributed by atoms with Gasteiger partial charge in [-0.05, 0) is 51.3 Å². The molecule has 2 aromatic rings. The van der Waals surface area contributed by atoms with Crippen LogP contribution in [0.4, 0.5) is 5.69 Å². The summed E-state index contributed by atoms with van der Waals surface area (Å²) in [6.07, 6.45) is 0.940. The number of methoxy groups -OCH3 is 1. The molecule has 13 heteroatoms. The maximum Gasteiger partial charge on any atom is 0.396 e. The molecule has 1 saturated heterocycles. The summed E-state index contributed by atoms with van der Waals surface area (Å²) in [6, 6.07) is 13.3. The molecule has 2 aromatic carbocycles.